The van der Waals surface area contributed by atoms with Crippen LogP contribution >= 0.6 is 0 Å². The Kier molecular flexibility index (Phi) is 4.11. The molecule has 0 aromatic heterocycles. The zero-order valence-corrected chi connectivity index (χ0v) is 10.8. The van der Waals surface area contributed by atoms with Gasteiger partial charge in [0.25, 0.3) is 11.6 Å². The van der Waals surface area contributed by atoms with Gasteiger partial charge in [-0.2, -0.15) is 0 Å². The van der Waals surface area contributed by atoms with Crippen molar-refractivity contribution in [2.24, 2.45) is 5.92 Å². The summed E-state index contributed by atoms with van der Waals surface area (Å²) in [5.74, 6) is 0.445. The lowest BCUT2D eigenvalue weighted by molar-refractivity contribution is -0.384. The zero-order chi connectivity index (χ0) is 13.8. The lowest BCUT2D eigenvalue weighted by atomic mass is 10.1. The number of carbonyl (C=O) groups excluding carboxylic acids is 1. The van der Waals surface area contributed by atoms with Crippen molar-refractivity contribution >= 4 is 11.6 Å². The van der Waals surface area contributed by atoms with E-state index in [-0.39, 0.29) is 11.6 Å². The van der Waals surface area contributed by atoms with Gasteiger partial charge in [0.15, 0.2) is 0 Å². The van der Waals surface area contributed by atoms with Crippen LogP contribution in [0.15, 0.2) is 24.3 Å². The highest BCUT2D eigenvalue weighted by molar-refractivity contribution is 5.94. The minimum absolute atomic E-state index is 0.00558. The molecule has 1 aromatic carbocycles. The van der Waals surface area contributed by atoms with Crippen molar-refractivity contribution in [3.8, 4) is 0 Å². The lowest BCUT2D eigenvalue weighted by Gasteiger charge is -2.16. The fraction of sp³-hybridized carbons (Fsp3) is 0.462. The van der Waals surface area contributed by atoms with Crippen LogP contribution in [0.3, 0.4) is 0 Å². The van der Waals surface area contributed by atoms with E-state index in [1.165, 1.54) is 24.3 Å². The molecular formula is C13H17N3O3. The normalized spacial score (nSPS) is 18.6. The van der Waals surface area contributed by atoms with Gasteiger partial charge >= 0.3 is 0 Å². The third kappa shape index (κ3) is 3.08. The number of nitro groups is 1. The first-order chi connectivity index (χ1) is 9.11. The van der Waals surface area contributed by atoms with Crippen molar-refractivity contribution in [2.45, 2.75) is 6.42 Å². The molecule has 6 nitrogen and oxygen atoms in total. The molecule has 6 heteroatoms. The lowest BCUT2D eigenvalue weighted by Crippen LogP contribution is -2.30. The van der Waals surface area contributed by atoms with E-state index in [4.69, 9.17) is 0 Å². The van der Waals surface area contributed by atoms with Crippen LogP contribution in [0.1, 0.15) is 16.8 Å². The van der Waals surface area contributed by atoms with Crippen LogP contribution < -0.4 is 5.32 Å². The van der Waals surface area contributed by atoms with Crippen molar-refractivity contribution in [1.82, 2.24) is 10.2 Å². The Morgan fingerprint density at radius 2 is 2.16 bits per heavy atom. The number of non-ortho nitro benzene ring substituents is 1. The van der Waals surface area contributed by atoms with Gasteiger partial charge in [0.05, 0.1) is 4.92 Å². The molecule has 1 N–H and O–H groups in total. The molecule has 0 bridgehead atoms. The molecule has 1 fully saturated rings. The summed E-state index contributed by atoms with van der Waals surface area (Å²) in [6.45, 7) is 2.41. The number of rotatable bonds is 4. The molecule has 1 amide bonds. The molecule has 1 aromatic rings. The summed E-state index contributed by atoms with van der Waals surface area (Å²) in [5.41, 5.74) is 0.515. The number of nitrogens with zero attached hydrogens (tertiary/aromatic N) is 2. The van der Waals surface area contributed by atoms with Gasteiger partial charge in [-0.15, -0.1) is 0 Å². The molecule has 1 aliphatic rings. The number of benzene rings is 1. The monoisotopic (exact) mass is 263 g/mol. The molecule has 102 valence electrons. The predicted octanol–water partition coefficient (Wildman–Crippen LogP) is 1.28. The van der Waals surface area contributed by atoms with Gasteiger partial charge in [-0.3, -0.25) is 14.9 Å². The van der Waals surface area contributed by atoms with E-state index in [0.717, 1.165) is 26.1 Å². The molecule has 0 radical (unpaired) electrons. The van der Waals surface area contributed by atoms with E-state index >= 15 is 0 Å². The first kappa shape index (κ1) is 13.5. The summed E-state index contributed by atoms with van der Waals surface area (Å²) >= 11 is 0. The average molecular weight is 263 g/mol. The van der Waals surface area contributed by atoms with E-state index in [9.17, 15) is 14.9 Å². The molecule has 1 unspecified atom stereocenters. The third-order valence-corrected chi connectivity index (χ3v) is 3.39. The highest BCUT2D eigenvalue weighted by Gasteiger charge is 2.26. The quantitative estimate of drug-likeness (QED) is 0.655. The second-order valence-corrected chi connectivity index (χ2v) is 4.77. The number of hydrogen-bond acceptors (Lipinski definition) is 4. The van der Waals surface area contributed by atoms with Gasteiger partial charge in [0.1, 0.15) is 0 Å². The second-order valence-electron chi connectivity index (χ2n) is 4.77. The van der Waals surface area contributed by atoms with E-state index < -0.39 is 4.92 Å². The maximum Gasteiger partial charge on any atom is 0.269 e. The Balaban J connectivity index is 2.02. The van der Waals surface area contributed by atoms with Crippen LogP contribution in [0.25, 0.3) is 0 Å². The Morgan fingerprint density at radius 3 is 2.74 bits per heavy atom. The van der Waals surface area contributed by atoms with Crippen LogP contribution in [-0.4, -0.2) is 42.4 Å². The molecule has 1 atom stereocenters. The Labute approximate surface area is 111 Å². The predicted molar refractivity (Wildman–Crippen MR) is 71.0 cm³/mol. The van der Waals surface area contributed by atoms with Gasteiger partial charge in [-0.1, -0.05) is 0 Å². The first-order valence-corrected chi connectivity index (χ1v) is 6.30. The third-order valence-electron chi connectivity index (χ3n) is 3.39. The van der Waals surface area contributed by atoms with Crippen LogP contribution in [0.4, 0.5) is 5.69 Å². The molecule has 0 spiro atoms. The molecule has 19 heavy (non-hydrogen) atoms. The molecule has 1 saturated heterocycles. The number of nitrogens with one attached hydrogen (secondary N) is 1. The van der Waals surface area contributed by atoms with Crippen LogP contribution in [-0.2, 0) is 0 Å². The highest BCUT2D eigenvalue weighted by atomic mass is 16.6. The Bertz CT molecular complexity index is 473. The Morgan fingerprint density at radius 1 is 1.47 bits per heavy atom. The van der Waals surface area contributed by atoms with Crippen molar-refractivity contribution in [3.63, 3.8) is 0 Å². The fourth-order valence-electron chi connectivity index (χ4n) is 2.38. The van der Waals surface area contributed by atoms with Gasteiger partial charge in [-0.25, -0.2) is 0 Å². The summed E-state index contributed by atoms with van der Waals surface area (Å²) < 4.78 is 0. The number of nitro benzene ring substituents is 1. The van der Waals surface area contributed by atoms with E-state index in [2.05, 4.69) is 5.32 Å². The fourth-order valence-corrected chi connectivity index (χ4v) is 2.38. The molecule has 0 saturated carbocycles. The van der Waals surface area contributed by atoms with E-state index in [1.807, 2.05) is 11.9 Å². The van der Waals surface area contributed by atoms with Gasteiger partial charge in [-0.05, 0) is 38.1 Å². The summed E-state index contributed by atoms with van der Waals surface area (Å²) in [7, 11) is 1.90. The van der Waals surface area contributed by atoms with Crippen molar-refractivity contribution in [1.29, 1.82) is 0 Å². The average Bonchev–Trinajstić information content (AvgIpc) is 2.87. The maximum absolute atomic E-state index is 12.2. The molecule has 2 rings (SSSR count). The van der Waals surface area contributed by atoms with Gasteiger partial charge < -0.3 is 10.2 Å². The number of amides is 1. The second kappa shape index (κ2) is 5.79. The van der Waals surface area contributed by atoms with E-state index in [1.54, 1.807) is 0 Å². The standard InChI is InChI=1S/C13H17N3O3/c1-14-8-10-6-7-15(9-10)13(17)11-2-4-12(5-3-11)16(18)19/h2-5,10,14H,6-9H2,1H3. The summed E-state index contributed by atoms with van der Waals surface area (Å²) in [5, 5.41) is 13.7. The van der Waals surface area contributed by atoms with Gasteiger partial charge in [0.2, 0.25) is 0 Å². The van der Waals surface area contributed by atoms with Gasteiger partial charge in [0, 0.05) is 30.8 Å². The van der Waals surface area contributed by atoms with Crippen molar-refractivity contribution in [2.75, 3.05) is 26.7 Å². The summed E-state index contributed by atoms with van der Waals surface area (Å²) in [6.07, 6.45) is 1.000. The molecule has 1 aliphatic heterocycles. The minimum Gasteiger partial charge on any atom is -0.338 e. The molecule has 0 aliphatic carbocycles. The Hall–Kier alpha value is -1.95. The highest BCUT2D eigenvalue weighted by Crippen LogP contribution is 2.19. The van der Waals surface area contributed by atoms with Crippen molar-refractivity contribution in [3.05, 3.63) is 39.9 Å². The topological polar surface area (TPSA) is 75.5 Å². The summed E-state index contributed by atoms with van der Waals surface area (Å²) in [6, 6.07) is 5.78. The van der Waals surface area contributed by atoms with Crippen LogP contribution in [0.5, 0.6) is 0 Å². The SMILES string of the molecule is CNCC1CCN(C(=O)c2ccc([N+](=O)[O-])cc2)C1. The minimum atomic E-state index is -0.465. The molecule has 1 heterocycles. The number of carbonyl (C=O) groups is 1. The molecular weight excluding hydrogens is 246 g/mol. The summed E-state index contributed by atoms with van der Waals surface area (Å²) in [4.78, 5) is 24.1. The number of hydrogen-bond donors (Lipinski definition) is 1. The van der Waals surface area contributed by atoms with E-state index in [0.29, 0.717) is 11.5 Å². The first-order valence-electron chi connectivity index (χ1n) is 6.30. The maximum atomic E-state index is 12.2. The smallest absolute Gasteiger partial charge is 0.269 e. The zero-order valence-electron chi connectivity index (χ0n) is 10.8. The number of likely N-dealkylation sites (tertiary alicyclic amines) is 1. The van der Waals surface area contributed by atoms with Crippen LogP contribution in [0.2, 0.25) is 0 Å². The van der Waals surface area contributed by atoms with Crippen LogP contribution in [0, 0.1) is 16.0 Å². The van der Waals surface area contributed by atoms with Crippen molar-refractivity contribution < 1.29 is 9.72 Å². The largest absolute Gasteiger partial charge is 0.338 e.